The smallest absolute Gasteiger partial charge is 0.158 e. The van der Waals surface area contributed by atoms with Gasteiger partial charge in [0.15, 0.2) is 6.29 Å². The summed E-state index contributed by atoms with van der Waals surface area (Å²) in [5.41, 5.74) is 7.42. The number of rotatable bonds is 15. The number of hydrogen-bond donors (Lipinski definition) is 0. The second kappa shape index (κ2) is 17.2. The maximum atomic E-state index is 5.50. The van der Waals surface area contributed by atoms with Crippen molar-refractivity contribution in [2.45, 2.75) is 112 Å². The molecule has 1 rings (SSSR count). The van der Waals surface area contributed by atoms with Crippen molar-refractivity contribution in [1.29, 1.82) is 0 Å². The van der Waals surface area contributed by atoms with Crippen molar-refractivity contribution in [1.82, 2.24) is 0 Å². The van der Waals surface area contributed by atoms with Crippen LogP contribution in [-0.4, -0.2) is 19.5 Å². The molecule has 0 amide bonds. The van der Waals surface area contributed by atoms with Crippen LogP contribution in [0.15, 0.2) is 58.2 Å². The third kappa shape index (κ3) is 16.0. The molecule has 31 heavy (non-hydrogen) atoms. The second-order valence-electron chi connectivity index (χ2n) is 9.39. The average molecular weight is 429 g/mol. The van der Waals surface area contributed by atoms with E-state index in [4.69, 9.17) is 9.47 Å². The molecule has 1 heterocycles. The molecule has 2 heteroatoms. The van der Waals surface area contributed by atoms with Gasteiger partial charge in [0.2, 0.25) is 0 Å². The Morgan fingerprint density at radius 2 is 0.935 bits per heavy atom. The minimum absolute atomic E-state index is 0.0223. The molecule has 0 bridgehead atoms. The molecule has 176 valence electrons. The lowest BCUT2D eigenvalue weighted by molar-refractivity contribution is -0.0461. The third-order valence-electron chi connectivity index (χ3n) is 5.77. The van der Waals surface area contributed by atoms with Crippen LogP contribution in [0.4, 0.5) is 0 Å². The van der Waals surface area contributed by atoms with Crippen molar-refractivity contribution in [3.63, 3.8) is 0 Å². The van der Waals surface area contributed by atoms with Gasteiger partial charge in [-0.3, -0.25) is 0 Å². The van der Waals surface area contributed by atoms with E-state index in [-0.39, 0.29) is 6.29 Å². The molecule has 1 aliphatic rings. The Labute approximate surface area is 193 Å². The molecule has 0 aliphatic carbocycles. The lowest BCUT2D eigenvalue weighted by Crippen LogP contribution is -2.06. The van der Waals surface area contributed by atoms with Crippen LogP contribution >= 0.6 is 0 Å². The zero-order valence-electron chi connectivity index (χ0n) is 21.3. The molecule has 0 atom stereocenters. The van der Waals surface area contributed by atoms with E-state index in [1.54, 1.807) is 0 Å². The summed E-state index contributed by atoms with van der Waals surface area (Å²) in [6.45, 7) is 14.9. The first kappa shape index (κ1) is 27.7. The van der Waals surface area contributed by atoms with Gasteiger partial charge in [0.1, 0.15) is 0 Å². The Morgan fingerprint density at radius 3 is 1.39 bits per heavy atom. The largest absolute Gasteiger partial charge is 0.350 e. The first-order valence-electron chi connectivity index (χ1n) is 12.4. The number of unbranched alkanes of at least 4 members (excludes halogenated alkanes) is 1. The fourth-order valence-electron chi connectivity index (χ4n) is 3.67. The lowest BCUT2D eigenvalue weighted by Gasteiger charge is -2.08. The molecule has 0 radical (unpaired) electrons. The topological polar surface area (TPSA) is 18.5 Å². The van der Waals surface area contributed by atoms with E-state index >= 15 is 0 Å². The minimum Gasteiger partial charge on any atom is -0.350 e. The van der Waals surface area contributed by atoms with Crippen LogP contribution in [-0.2, 0) is 9.47 Å². The van der Waals surface area contributed by atoms with Crippen molar-refractivity contribution in [3.8, 4) is 0 Å². The monoisotopic (exact) mass is 428 g/mol. The number of hydrogen-bond acceptors (Lipinski definition) is 2. The fraction of sp³-hybridized carbons (Fsp3) is 0.655. The summed E-state index contributed by atoms with van der Waals surface area (Å²) >= 11 is 0. The molecule has 1 saturated heterocycles. The van der Waals surface area contributed by atoms with Gasteiger partial charge in [-0.25, -0.2) is 0 Å². The molecule has 0 saturated carbocycles. The van der Waals surface area contributed by atoms with Gasteiger partial charge < -0.3 is 9.47 Å². The Morgan fingerprint density at radius 1 is 0.548 bits per heavy atom. The Kier molecular flexibility index (Phi) is 15.4. The molecule has 0 unspecified atom stereocenters. The fourth-order valence-corrected chi connectivity index (χ4v) is 3.67. The van der Waals surface area contributed by atoms with Crippen LogP contribution in [0.5, 0.6) is 0 Å². The Bertz CT molecular complexity index is 636. The number of allylic oxidation sites excluding steroid dienone is 10. The summed E-state index contributed by atoms with van der Waals surface area (Å²) in [4.78, 5) is 0. The van der Waals surface area contributed by atoms with Crippen LogP contribution in [0.1, 0.15) is 106 Å². The quantitative estimate of drug-likeness (QED) is 0.191. The van der Waals surface area contributed by atoms with Crippen LogP contribution in [0.3, 0.4) is 0 Å². The highest BCUT2D eigenvalue weighted by Crippen LogP contribution is 2.16. The van der Waals surface area contributed by atoms with Gasteiger partial charge in [-0.2, -0.15) is 0 Å². The maximum absolute atomic E-state index is 5.50. The highest BCUT2D eigenvalue weighted by molar-refractivity contribution is 5.07. The molecular weight excluding hydrogens is 380 g/mol. The van der Waals surface area contributed by atoms with Gasteiger partial charge in [0, 0.05) is 6.42 Å². The molecule has 0 spiro atoms. The van der Waals surface area contributed by atoms with Crippen molar-refractivity contribution in [3.05, 3.63) is 58.2 Å². The Hall–Kier alpha value is -1.38. The summed E-state index contributed by atoms with van der Waals surface area (Å²) < 4.78 is 11.0. The summed E-state index contributed by atoms with van der Waals surface area (Å²) in [7, 11) is 0. The first-order chi connectivity index (χ1) is 14.9. The van der Waals surface area contributed by atoms with E-state index in [1.165, 1.54) is 53.5 Å². The van der Waals surface area contributed by atoms with E-state index in [9.17, 15) is 0 Å². The molecule has 1 aliphatic heterocycles. The highest BCUT2D eigenvalue weighted by atomic mass is 16.7. The van der Waals surface area contributed by atoms with Crippen molar-refractivity contribution >= 4 is 0 Å². The van der Waals surface area contributed by atoms with Gasteiger partial charge in [-0.1, -0.05) is 58.2 Å². The van der Waals surface area contributed by atoms with Crippen LogP contribution < -0.4 is 0 Å². The van der Waals surface area contributed by atoms with E-state index < -0.39 is 0 Å². The predicted molar refractivity (Wildman–Crippen MR) is 136 cm³/mol. The molecule has 0 aromatic carbocycles. The van der Waals surface area contributed by atoms with E-state index in [0.29, 0.717) is 0 Å². The van der Waals surface area contributed by atoms with E-state index in [2.05, 4.69) is 71.9 Å². The van der Waals surface area contributed by atoms with Crippen LogP contribution in [0, 0.1) is 0 Å². The van der Waals surface area contributed by atoms with E-state index in [1.807, 2.05) is 0 Å². The predicted octanol–water partition coefficient (Wildman–Crippen LogP) is 9.01. The van der Waals surface area contributed by atoms with Gasteiger partial charge in [-0.15, -0.1) is 0 Å². The van der Waals surface area contributed by atoms with Crippen molar-refractivity contribution in [2.24, 2.45) is 0 Å². The van der Waals surface area contributed by atoms with Gasteiger partial charge in [-0.05, 0) is 99.3 Å². The first-order valence-corrected chi connectivity index (χ1v) is 12.4. The van der Waals surface area contributed by atoms with Gasteiger partial charge >= 0.3 is 0 Å². The lowest BCUT2D eigenvalue weighted by atomic mass is 10.0. The Balaban J connectivity index is 2.15. The maximum Gasteiger partial charge on any atom is 0.158 e. The van der Waals surface area contributed by atoms with Crippen molar-refractivity contribution < 1.29 is 9.47 Å². The SMILES string of the molecule is CC(C)=CCC/C(C)=C/CC/C(C)=C/CC/C=C(\C)CC/C=C(\C)CCC1OCCO1. The third-order valence-corrected chi connectivity index (χ3v) is 5.77. The highest BCUT2D eigenvalue weighted by Gasteiger charge is 2.14. The van der Waals surface area contributed by atoms with Crippen LogP contribution in [0.2, 0.25) is 0 Å². The van der Waals surface area contributed by atoms with E-state index in [0.717, 1.165) is 51.7 Å². The number of ether oxygens (including phenoxy) is 2. The standard InChI is InChI=1S/C29H48O2/c1-24(2)12-9-15-27(5)18-10-16-25(3)13-7-8-14-26(4)17-11-19-28(6)20-21-29-30-22-23-31-29/h12-14,18-19,29H,7-11,15-17,20-23H2,1-6H3/b25-13+,26-14+,27-18+,28-19+. The zero-order chi connectivity index (χ0) is 22.9. The average Bonchev–Trinajstić information content (AvgIpc) is 3.23. The summed E-state index contributed by atoms with van der Waals surface area (Å²) in [6, 6.07) is 0. The molecule has 0 aromatic heterocycles. The molecule has 1 fully saturated rings. The van der Waals surface area contributed by atoms with Crippen molar-refractivity contribution in [2.75, 3.05) is 13.2 Å². The molecule has 0 aromatic rings. The second-order valence-corrected chi connectivity index (χ2v) is 9.39. The summed E-state index contributed by atoms with van der Waals surface area (Å²) in [5, 5.41) is 0. The minimum atomic E-state index is 0.0223. The molecular formula is C29H48O2. The summed E-state index contributed by atoms with van der Waals surface area (Å²) in [6.07, 6.45) is 23.4. The van der Waals surface area contributed by atoms with Gasteiger partial charge in [0.05, 0.1) is 13.2 Å². The normalized spacial score (nSPS) is 16.8. The zero-order valence-corrected chi connectivity index (χ0v) is 21.3. The molecule has 0 N–H and O–H groups in total. The summed E-state index contributed by atoms with van der Waals surface area (Å²) in [5.74, 6) is 0. The van der Waals surface area contributed by atoms with Crippen LogP contribution in [0.25, 0.3) is 0 Å². The van der Waals surface area contributed by atoms with Gasteiger partial charge in [0.25, 0.3) is 0 Å². The molecule has 2 nitrogen and oxygen atoms in total.